The zero-order valence-corrected chi connectivity index (χ0v) is 14.6. The first-order valence-electron chi connectivity index (χ1n) is 7.45. The van der Waals surface area contributed by atoms with Crippen molar-refractivity contribution in [3.63, 3.8) is 0 Å². The highest BCUT2D eigenvalue weighted by atomic mass is 35.5. The monoisotopic (exact) mass is 356 g/mol. The molecule has 0 unspecified atom stereocenters. The van der Waals surface area contributed by atoms with Crippen LogP contribution >= 0.6 is 34.8 Å². The Morgan fingerprint density at radius 3 is 2.05 bits per heavy atom. The van der Waals surface area contributed by atoms with E-state index in [-0.39, 0.29) is 0 Å². The van der Waals surface area contributed by atoms with E-state index in [9.17, 15) is 0 Å². The van der Waals surface area contributed by atoms with Crippen molar-refractivity contribution < 1.29 is 4.74 Å². The van der Waals surface area contributed by atoms with Gasteiger partial charge in [-0.3, -0.25) is 0 Å². The minimum Gasteiger partial charge on any atom is -0.494 e. The molecular formula is C18H19Cl3O. The number of ether oxygens (including phenoxy) is 1. The Labute approximate surface area is 147 Å². The number of hydrogen-bond acceptors (Lipinski definition) is 1. The summed E-state index contributed by atoms with van der Waals surface area (Å²) in [7, 11) is 0. The van der Waals surface area contributed by atoms with Crippen molar-refractivity contribution in [1.82, 2.24) is 0 Å². The van der Waals surface area contributed by atoms with E-state index in [0.717, 1.165) is 55.0 Å². The van der Waals surface area contributed by atoms with E-state index in [1.165, 1.54) is 0 Å². The smallest absolute Gasteiger partial charge is 0.119 e. The van der Waals surface area contributed by atoms with Crippen LogP contribution in [0.1, 0.15) is 25.7 Å². The Balaban J connectivity index is 1.91. The van der Waals surface area contributed by atoms with E-state index in [0.29, 0.717) is 10.0 Å². The minimum atomic E-state index is 0.653. The molecule has 0 heterocycles. The van der Waals surface area contributed by atoms with Crippen molar-refractivity contribution in [2.75, 3.05) is 12.5 Å². The van der Waals surface area contributed by atoms with Gasteiger partial charge in [-0.1, -0.05) is 54.2 Å². The fourth-order valence-corrected chi connectivity index (χ4v) is 3.04. The van der Waals surface area contributed by atoms with Gasteiger partial charge >= 0.3 is 0 Å². The fraction of sp³-hybridized carbons (Fsp3) is 0.333. The van der Waals surface area contributed by atoms with Gasteiger partial charge in [-0.15, -0.1) is 11.6 Å². The summed E-state index contributed by atoms with van der Waals surface area (Å²) in [5.74, 6) is 1.61. The number of alkyl halides is 1. The summed E-state index contributed by atoms with van der Waals surface area (Å²) in [6, 6.07) is 13.4. The van der Waals surface area contributed by atoms with Gasteiger partial charge in [-0.2, -0.15) is 0 Å². The standard InChI is InChI=1S/C18H19Cl3O/c19-12-3-1-2-4-13-22-15-10-8-14(9-11-15)18-16(20)6-5-7-17(18)21/h5-11H,1-4,12-13H2. The summed E-state index contributed by atoms with van der Waals surface area (Å²) < 4.78 is 5.74. The lowest BCUT2D eigenvalue weighted by atomic mass is 10.1. The molecule has 0 saturated carbocycles. The summed E-state index contributed by atoms with van der Waals surface area (Å²) in [4.78, 5) is 0. The molecule has 2 aromatic carbocycles. The molecule has 4 heteroatoms. The van der Waals surface area contributed by atoms with Crippen LogP contribution in [-0.2, 0) is 0 Å². The highest BCUT2D eigenvalue weighted by molar-refractivity contribution is 6.39. The molecule has 0 aliphatic carbocycles. The van der Waals surface area contributed by atoms with Gasteiger partial charge in [-0.25, -0.2) is 0 Å². The molecule has 0 aliphatic heterocycles. The lowest BCUT2D eigenvalue weighted by Gasteiger charge is -2.09. The van der Waals surface area contributed by atoms with E-state index in [1.54, 1.807) is 0 Å². The van der Waals surface area contributed by atoms with Crippen LogP contribution in [-0.4, -0.2) is 12.5 Å². The Morgan fingerprint density at radius 2 is 1.41 bits per heavy atom. The molecule has 0 N–H and O–H groups in total. The maximum absolute atomic E-state index is 6.22. The van der Waals surface area contributed by atoms with Crippen molar-refractivity contribution >= 4 is 34.8 Å². The van der Waals surface area contributed by atoms with Crippen molar-refractivity contribution in [1.29, 1.82) is 0 Å². The summed E-state index contributed by atoms with van der Waals surface area (Å²) in [6.07, 6.45) is 4.45. The van der Waals surface area contributed by atoms with E-state index < -0.39 is 0 Å². The van der Waals surface area contributed by atoms with Crippen LogP contribution in [0.3, 0.4) is 0 Å². The van der Waals surface area contributed by atoms with Crippen LogP contribution in [0.25, 0.3) is 11.1 Å². The van der Waals surface area contributed by atoms with E-state index in [4.69, 9.17) is 39.5 Å². The lowest BCUT2D eigenvalue weighted by Crippen LogP contribution is -1.97. The zero-order valence-electron chi connectivity index (χ0n) is 12.3. The third kappa shape index (κ3) is 5.08. The maximum Gasteiger partial charge on any atom is 0.119 e. The number of hydrogen-bond donors (Lipinski definition) is 0. The predicted octanol–water partition coefficient (Wildman–Crippen LogP) is 6.84. The van der Waals surface area contributed by atoms with Crippen LogP contribution in [0.2, 0.25) is 10.0 Å². The van der Waals surface area contributed by atoms with E-state index in [2.05, 4.69) is 0 Å². The maximum atomic E-state index is 6.22. The Morgan fingerprint density at radius 1 is 0.773 bits per heavy atom. The first-order valence-corrected chi connectivity index (χ1v) is 8.74. The molecule has 118 valence electrons. The van der Waals surface area contributed by atoms with Gasteiger partial charge in [0.2, 0.25) is 0 Å². The van der Waals surface area contributed by atoms with Crippen molar-refractivity contribution in [2.45, 2.75) is 25.7 Å². The van der Waals surface area contributed by atoms with Gasteiger partial charge < -0.3 is 4.74 Å². The average molecular weight is 358 g/mol. The molecule has 0 aliphatic rings. The van der Waals surface area contributed by atoms with Crippen LogP contribution < -0.4 is 4.74 Å². The second-order valence-corrected chi connectivity index (χ2v) is 6.27. The number of unbranched alkanes of at least 4 members (excludes halogenated alkanes) is 3. The molecule has 2 rings (SSSR count). The first-order chi connectivity index (χ1) is 10.7. The molecule has 0 saturated heterocycles. The Hall–Kier alpha value is -0.890. The second-order valence-electron chi connectivity index (χ2n) is 5.07. The van der Waals surface area contributed by atoms with Crippen molar-refractivity contribution in [2.24, 2.45) is 0 Å². The number of benzene rings is 2. The molecule has 2 aromatic rings. The average Bonchev–Trinajstić information content (AvgIpc) is 2.52. The first kappa shape index (κ1) is 17.5. The quantitative estimate of drug-likeness (QED) is 0.371. The molecule has 0 radical (unpaired) electrons. The summed E-state index contributed by atoms with van der Waals surface area (Å²) >= 11 is 18.1. The highest BCUT2D eigenvalue weighted by Gasteiger charge is 2.08. The summed E-state index contributed by atoms with van der Waals surface area (Å²) in [5.41, 5.74) is 1.85. The van der Waals surface area contributed by atoms with Gasteiger partial charge in [0.1, 0.15) is 5.75 Å². The Kier molecular flexibility index (Phi) is 7.38. The molecule has 0 aromatic heterocycles. The zero-order chi connectivity index (χ0) is 15.8. The normalized spacial score (nSPS) is 10.7. The molecule has 22 heavy (non-hydrogen) atoms. The van der Waals surface area contributed by atoms with Gasteiger partial charge in [0.25, 0.3) is 0 Å². The van der Waals surface area contributed by atoms with Crippen LogP contribution in [0.4, 0.5) is 0 Å². The Bertz CT molecular complexity index is 561. The number of rotatable bonds is 8. The third-order valence-corrected chi connectivity index (χ3v) is 4.30. The largest absolute Gasteiger partial charge is 0.494 e. The fourth-order valence-electron chi connectivity index (χ4n) is 2.23. The lowest BCUT2D eigenvalue weighted by molar-refractivity contribution is 0.305. The number of halogens is 3. The summed E-state index contributed by atoms with van der Waals surface area (Å²) in [6.45, 7) is 0.731. The predicted molar refractivity (Wildman–Crippen MR) is 96.6 cm³/mol. The van der Waals surface area contributed by atoms with Gasteiger partial charge in [-0.05, 0) is 42.7 Å². The topological polar surface area (TPSA) is 9.23 Å². The van der Waals surface area contributed by atoms with Gasteiger partial charge in [0.15, 0.2) is 0 Å². The molecule has 0 bridgehead atoms. The van der Waals surface area contributed by atoms with E-state index in [1.807, 2.05) is 42.5 Å². The van der Waals surface area contributed by atoms with Gasteiger partial charge in [0.05, 0.1) is 6.61 Å². The molecule has 0 atom stereocenters. The van der Waals surface area contributed by atoms with Gasteiger partial charge in [0, 0.05) is 21.5 Å². The molecule has 0 amide bonds. The van der Waals surface area contributed by atoms with Crippen LogP contribution in [0.5, 0.6) is 5.75 Å². The van der Waals surface area contributed by atoms with Crippen molar-refractivity contribution in [3.8, 4) is 16.9 Å². The van der Waals surface area contributed by atoms with Crippen molar-refractivity contribution in [3.05, 3.63) is 52.5 Å². The third-order valence-electron chi connectivity index (χ3n) is 3.40. The SMILES string of the molecule is ClCCCCCCOc1ccc(-c2c(Cl)cccc2Cl)cc1. The van der Waals surface area contributed by atoms with E-state index >= 15 is 0 Å². The molecular weight excluding hydrogens is 339 g/mol. The highest BCUT2D eigenvalue weighted by Crippen LogP contribution is 2.35. The molecule has 0 fully saturated rings. The molecule has 0 spiro atoms. The van der Waals surface area contributed by atoms with Crippen LogP contribution in [0.15, 0.2) is 42.5 Å². The van der Waals surface area contributed by atoms with Crippen LogP contribution in [0, 0.1) is 0 Å². The minimum absolute atomic E-state index is 0.653. The summed E-state index contributed by atoms with van der Waals surface area (Å²) in [5, 5.41) is 1.31. The molecule has 1 nitrogen and oxygen atoms in total. The second kappa shape index (κ2) is 9.29.